The summed E-state index contributed by atoms with van der Waals surface area (Å²) in [7, 11) is 0. The topological polar surface area (TPSA) is 83.3 Å². The van der Waals surface area contributed by atoms with Gasteiger partial charge in [-0.3, -0.25) is 14.7 Å². The molecule has 7 nitrogen and oxygen atoms in total. The van der Waals surface area contributed by atoms with Crippen molar-refractivity contribution in [3.63, 3.8) is 0 Å². The van der Waals surface area contributed by atoms with Crippen molar-refractivity contribution in [2.24, 2.45) is 0 Å². The Morgan fingerprint density at radius 3 is 2.74 bits per heavy atom. The van der Waals surface area contributed by atoms with Gasteiger partial charge in [-0.1, -0.05) is 0 Å². The molecule has 0 saturated carbocycles. The minimum Gasteiger partial charge on any atom is -0.439 e. The number of halogens is 5. The Kier molecular flexibility index (Phi) is 6.60. The summed E-state index contributed by atoms with van der Waals surface area (Å²) in [5, 5.41) is 4.79. The molecule has 1 amide bonds. The summed E-state index contributed by atoms with van der Waals surface area (Å²) in [4.78, 5) is 22.0. The number of aromatic nitrogens is 2. The molecule has 12 heteroatoms. The summed E-state index contributed by atoms with van der Waals surface area (Å²) in [6, 6.07) is 0.428. The molecule has 0 bridgehead atoms. The Bertz CT molecular complexity index is 915. The van der Waals surface area contributed by atoms with Crippen molar-refractivity contribution in [2.75, 3.05) is 26.2 Å². The lowest BCUT2D eigenvalue weighted by molar-refractivity contribution is -0.140. The number of hydrogen-bond donors (Lipinski definition) is 2. The first-order valence-electron chi connectivity index (χ1n) is 9.50. The zero-order valence-corrected chi connectivity index (χ0v) is 16.8. The highest BCUT2D eigenvalue weighted by Crippen LogP contribution is 2.32. The lowest BCUT2D eigenvalue weighted by Crippen LogP contribution is -2.61. The average Bonchev–Trinajstić information content (AvgIpc) is 3.23. The first kappa shape index (κ1) is 23.1. The highest BCUT2D eigenvalue weighted by molar-refractivity contribution is 5.82. The highest BCUT2D eigenvalue weighted by Gasteiger charge is 2.39. The van der Waals surface area contributed by atoms with Crippen LogP contribution in [0, 0.1) is 0 Å². The van der Waals surface area contributed by atoms with Crippen molar-refractivity contribution in [2.45, 2.75) is 38.0 Å². The molecular formula is C19H22F5N5O2. The molecule has 0 radical (unpaired) electrons. The Morgan fingerprint density at radius 1 is 1.32 bits per heavy atom. The van der Waals surface area contributed by atoms with Gasteiger partial charge in [0.25, 0.3) is 6.43 Å². The van der Waals surface area contributed by atoms with Crippen molar-refractivity contribution < 1.29 is 31.2 Å². The van der Waals surface area contributed by atoms with Crippen molar-refractivity contribution in [3.05, 3.63) is 36.1 Å². The van der Waals surface area contributed by atoms with Crippen LogP contribution in [0.25, 0.3) is 11.3 Å². The van der Waals surface area contributed by atoms with E-state index in [0.29, 0.717) is 18.7 Å². The van der Waals surface area contributed by atoms with Crippen LogP contribution in [0.2, 0.25) is 0 Å². The summed E-state index contributed by atoms with van der Waals surface area (Å²) in [5.41, 5.74) is -0.710. The average molecular weight is 447 g/mol. The van der Waals surface area contributed by atoms with Crippen LogP contribution in [0.4, 0.5) is 22.0 Å². The van der Waals surface area contributed by atoms with Gasteiger partial charge in [0, 0.05) is 43.2 Å². The molecule has 31 heavy (non-hydrogen) atoms. The maximum atomic E-state index is 12.9. The number of pyridine rings is 1. The van der Waals surface area contributed by atoms with Crippen LogP contribution >= 0.6 is 0 Å². The van der Waals surface area contributed by atoms with E-state index in [1.54, 1.807) is 13.8 Å². The van der Waals surface area contributed by atoms with Gasteiger partial charge in [0.15, 0.2) is 5.76 Å². The van der Waals surface area contributed by atoms with E-state index in [-0.39, 0.29) is 23.8 Å². The molecule has 0 spiro atoms. The molecule has 170 valence electrons. The number of carbonyl (C=O) groups is 1. The fourth-order valence-electron chi connectivity index (χ4n) is 3.28. The van der Waals surface area contributed by atoms with E-state index < -0.39 is 36.6 Å². The number of alkyl halides is 5. The number of nitrogens with zero attached hydrogens (tertiary/aromatic N) is 3. The van der Waals surface area contributed by atoms with Gasteiger partial charge >= 0.3 is 6.18 Å². The number of amides is 1. The van der Waals surface area contributed by atoms with Crippen LogP contribution in [-0.2, 0) is 10.3 Å². The van der Waals surface area contributed by atoms with Crippen LogP contribution < -0.4 is 10.6 Å². The molecule has 1 aliphatic rings. The number of nitrogens with one attached hydrogen (secondary N) is 2. The van der Waals surface area contributed by atoms with Gasteiger partial charge in [0.2, 0.25) is 11.8 Å². The minimum atomic E-state index is -4.49. The molecule has 1 atom stereocenters. The normalized spacial score (nSPS) is 18.4. The van der Waals surface area contributed by atoms with E-state index in [0.717, 1.165) is 6.20 Å². The molecule has 0 unspecified atom stereocenters. The van der Waals surface area contributed by atoms with Crippen molar-refractivity contribution >= 4 is 5.91 Å². The number of carbonyl (C=O) groups excluding carboxylic acids is 1. The maximum Gasteiger partial charge on any atom is 0.405 e. The molecule has 3 heterocycles. The van der Waals surface area contributed by atoms with Crippen molar-refractivity contribution in [1.29, 1.82) is 0 Å². The fraction of sp³-hybridized carbons (Fsp3) is 0.526. The number of rotatable bonds is 6. The van der Waals surface area contributed by atoms with E-state index in [2.05, 4.69) is 15.3 Å². The van der Waals surface area contributed by atoms with E-state index in [1.165, 1.54) is 18.5 Å². The molecular weight excluding hydrogens is 425 g/mol. The third-order valence-electron chi connectivity index (χ3n) is 5.07. The van der Waals surface area contributed by atoms with Gasteiger partial charge in [-0.15, -0.1) is 0 Å². The Labute approximate surface area is 175 Å². The largest absolute Gasteiger partial charge is 0.439 e. The molecule has 3 rings (SSSR count). The molecule has 2 N–H and O–H groups in total. The summed E-state index contributed by atoms with van der Waals surface area (Å²) < 4.78 is 68.8. The predicted octanol–water partition coefficient (Wildman–Crippen LogP) is 2.86. The lowest BCUT2D eigenvalue weighted by atomic mass is 10.00. The van der Waals surface area contributed by atoms with Gasteiger partial charge in [-0.2, -0.15) is 13.2 Å². The Balaban J connectivity index is 1.73. The van der Waals surface area contributed by atoms with Crippen LogP contribution in [0.3, 0.4) is 0 Å². The molecule has 1 saturated heterocycles. The Morgan fingerprint density at radius 2 is 2.06 bits per heavy atom. The highest BCUT2D eigenvalue weighted by atomic mass is 19.4. The molecule has 2 aromatic heterocycles. The standard InChI is InChI=1S/C19H22F5N5O2/c1-18(2,29-4-3-26-13(9-29)16(30)28-10-19(22,23)24)17-27-8-14(31-17)11-5-12(15(20)21)7-25-6-11/h5-8,13,15,26H,3-4,9-10H2,1-2H3,(H,28,30)/t13-/m0/s1. The number of hydrogen-bond acceptors (Lipinski definition) is 6. The number of oxazole rings is 1. The third-order valence-corrected chi connectivity index (χ3v) is 5.07. The zero-order chi connectivity index (χ0) is 22.8. The second-order valence-electron chi connectivity index (χ2n) is 7.68. The molecule has 1 aliphatic heterocycles. The third kappa shape index (κ3) is 5.56. The molecule has 2 aromatic rings. The predicted molar refractivity (Wildman–Crippen MR) is 100 cm³/mol. The lowest BCUT2D eigenvalue weighted by Gasteiger charge is -2.41. The summed E-state index contributed by atoms with van der Waals surface area (Å²) in [6.07, 6.45) is -3.31. The van der Waals surface area contributed by atoms with Gasteiger partial charge in [0.05, 0.1) is 17.8 Å². The van der Waals surface area contributed by atoms with Crippen LogP contribution in [0.15, 0.2) is 29.1 Å². The summed E-state index contributed by atoms with van der Waals surface area (Å²) in [5.74, 6) is -0.213. The van der Waals surface area contributed by atoms with E-state index in [1.807, 2.05) is 10.2 Å². The van der Waals surface area contributed by atoms with Crippen molar-refractivity contribution in [1.82, 2.24) is 25.5 Å². The SMILES string of the molecule is CC(C)(c1ncc(-c2cncc(C(F)F)c2)o1)N1CCN[C@H](C(=O)NCC(F)(F)F)C1. The first-order valence-corrected chi connectivity index (χ1v) is 9.50. The molecule has 0 aromatic carbocycles. The fourth-order valence-corrected chi connectivity index (χ4v) is 3.28. The van der Waals surface area contributed by atoms with Crippen LogP contribution in [-0.4, -0.2) is 59.2 Å². The monoisotopic (exact) mass is 447 g/mol. The zero-order valence-electron chi connectivity index (χ0n) is 16.8. The summed E-state index contributed by atoms with van der Waals surface area (Å²) in [6.45, 7) is 3.20. The van der Waals surface area contributed by atoms with Crippen molar-refractivity contribution in [3.8, 4) is 11.3 Å². The van der Waals surface area contributed by atoms with E-state index in [9.17, 15) is 26.7 Å². The maximum absolute atomic E-state index is 12.9. The quantitative estimate of drug-likeness (QED) is 0.663. The second kappa shape index (κ2) is 8.87. The first-order chi connectivity index (χ1) is 14.5. The van der Waals surface area contributed by atoms with E-state index >= 15 is 0 Å². The van der Waals surface area contributed by atoms with Crippen LogP contribution in [0.1, 0.15) is 31.7 Å². The second-order valence-corrected chi connectivity index (χ2v) is 7.68. The molecule has 0 aliphatic carbocycles. The Hall–Kier alpha value is -2.60. The van der Waals surface area contributed by atoms with Crippen LogP contribution in [0.5, 0.6) is 0 Å². The molecule has 1 fully saturated rings. The smallest absolute Gasteiger partial charge is 0.405 e. The number of piperazine rings is 1. The van der Waals surface area contributed by atoms with E-state index in [4.69, 9.17) is 4.42 Å². The minimum absolute atomic E-state index is 0.136. The van der Waals surface area contributed by atoms with Gasteiger partial charge in [0.1, 0.15) is 6.54 Å². The van der Waals surface area contributed by atoms with Gasteiger partial charge in [-0.05, 0) is 19.9 Å². The summed E-state index contributed by atoms with van der Waals surface area (Å²) >= 11 is 0. The van der Waals surface area contributed by atoms with Gasteiger partial charge in [-0.25, -0.2) is 13.8 Å². The van der Waals surface area contributed by atoms with Gasteiger partial charge < -0.3 is 15.1 Å².